The first-order valence-corrected chi connectivity index (χ1v) is 16.2. The normalized spacial score (nSPS) is 10.7. The van der Waals surface area contributed by atoms with E-state index in [0.717, 1.165) is 22.6 Å². The molecule has 0 atom stereocenters. The topological polar surface area (TPSA) is 26.3 Å². The van der Waals surface area contributed by atoms with Gasteiger partial charge >= 0.3 is 21.7 Å². The van der Waals surface area contributed by atoms with Gasteiger partial charge in [0.1, 0.15) is 0 Å². The van der Waals surface area contributed by atoms with Gasteiger partial charge in [-0.15, -0.1) is 57.9 Å². The fourth-order valence-corrected chi connectivity index (χ4v) is 7.03. The molecule has 8 aromatic carbocycles. The van der Waals surface area contributed by atoms with Crippen LogP contribution in [-0.2, 0) is 21.7 Å². The number of rotatable bonds is 4. The molecule has 0 saturated carbocycles. The van der Waals surface area contributed by atoms with Gasteiger partial charge in [-0.3, -0.25) is 0 Å². The Morgan fingerprint density at radius 2 is 0.725 bits per heavy atom. The number of hydrogen-bond donors (Lipinski definition) is 0. The van der Waals surface area contributed by atoms with Gasteiger partial charge in [-0.2, -0.15) is 0 Å². The molecule has 10 rings (SSSR count). The third-order valence-corrected chi connectivity index (χ3v) is 9.27. The van der Waals surface area contributed by atoms with Crippen molar-refractivity contribution < 1.29 is 55.4 Å². The number of hydrogen-bond acceptors (Lipinski definition) is 2. The molecule has 2 heterocycles. The van der Waals surface area contributed by atoms with Crippen molar-refractivity contribution >= 4 is 43.1 Å². The van der Waals surface area contributed by atoms with Crippen LogP contribution in [0.3, 0.4) is 0 Å². The summed E-state index contributed by atoms with van der Waals surface area (Å²) in [5, 5.41) is 10.1. The Morgan fingerprint density at radius 3 is 1.14 bits per heavy atom. The summed E-state index contributed by atoms with van der Waals surface area (Å²) in [5.41, 5.74) is 7.33. The van der Waals surface area contributed by atoms with Crippen LogP contribution in [0.15, 0.2) is 191 Å². The van der Waals surface area contributed by atoms with Gasteiger partial charge < -0.3 is 33.6 Å². The fourth-order valence-electron chi connectivity index (χ4n) is 7.03. The van der Waals surface area contributed by atoms with Gasteiger partial charge in [0.05, 0.1) is 24.0 Å². The number of halogens is 2. The second-order valence-electron chi connectivity index (χ2n) is 12.1. The maximum absolute atomic E-state index is 5.56. The molecule has 0 fully saturated rings. The van der Waals surface area contributed by atoms with E-state index >= 15 is 0 Å². The Labute approximate surface area is 323 Å². The number of fused-ring (bicyclic) bond motifs is 4. The van der Waals surface area contributed by atoms with Crippen molar-refractivity contribution in [2.75, 3.05) is 0 Å². The Balaban J connectivity index is 0.000000166. The second kappa shape index (κ2) is 15.4. The van der Waals surface area contributed by atoms with Crippen LogP contribution in [-0.4, -0.2) is 0 Å². The zero-order valence-corrected chi connectivity index (χ0v) is 30.5. The van der Waals surface area contributed by atoms with Crippen LogP contribution in [0.2, 0.25) is 0 Å². The van der Waals surface area contributed by atoms with E-state index in [1.54, 1.807) is 12.5 Å². The third-order valence-electron chi connectivity index (χ3n) is 9.27. The van der Waals surface area contributed by atoms with E-state index in [4.69, 9.17) is 8.83 Å². The summed E-state index contributed by atoms with van der Waals surface area (Å²) in [6.45, 7) is 0. The summed E-state index contributed by atoms with van der Waals surface area (Å²) >= 11 is 0. The molecule has 0 unspecified atom stereocenters. The van der Waals surface area contributed by atoms with Crippen LogP contribution in [0.5, 0.6) is 0 Å². The first-order chi connectivity index (χ1) is 23.8. The summed E-state index contributed by atoms with van der Waals surface area (Å²) in [6.07, 6.45) is 3.44. The van der Waals surface area contributed by atoms with Crippen molar-refractivity contribution in [3.63, 3.8) is 0 Å². The van der Waals surface area contributed by atoms with Crippen molar-refractivity contribution in [1.29, 1.82) is 0 Å². The minimum absolute atomic E-state index is 0. The zero-order chi connectivity index (χ0) is 31.9. The number of benzene rings is 6. The predicted octanol–water partition coefficient (Wildman–Crippen LogP) is 7.28. The SMILES string of the molecule is [Cl-].[Cl-].[Ti+4].c1coc(-c2cc3c(-c4cccc5ccccc45)cccc3[cH-]2)c1.c1coc(-c2cc3c(-c4cccc5ccccc45)cccc3[cH-]2)c1. The quantitative estimate of drug-likeness (QED) is 0.141. The van der Waals surface area contributed by atoms with Gasteiger partial charge in [-0.05, 0) is 44.8 Å². The van der Waals surface area contributed by atoms with Crippen LogP contribution in [0.1, 0.15) is 0 Å². The molecule has 244 valence electrons. The molecule has 0 aliphatic rings. The summed E-state index contributed by atoms with van der Waals surface area (Å²) in [6, 6.07) is 59.8. The van der Waals surface area contributed by atoms with Crippen LogP contribution in [0.4, 0.5) is 0 Å². The zero-order valence-electron chi connectivity index (χ0n) is 27.4. The van der Waals surface area contributed by atoms with E-state index in [2.05, 4.69) is 146 Å². The largest absolute Gasteiger partial charge is 4.00 e. The summed E-state index contributed by atoms with van der Waals surface area (Å²) in [7, 11) is 0. The molecule has 0 bridgehead atoms. The summed E-state index contributed by atoms with van der Waals surface area (Å²) in [5.74, 6) is 1.82. The minimum Gasteiger partial charge on any atom is -1.00 e. The van der Waals surface area contributed by atoms with Crippen LogP contribution >= 0.6 is 0 Å². The second-order valence-corrected chi connectivity index (χ2v) is 12.1. The van der Waals surface area contributed by atoms with Crippen LogP contribution < -0.4 is 24.8 Å². The Hall–Kier alpha value is -5.09. The molecule has 0 spiro atoms. The maximum Gasteiger partial charge on any atom is 4.00 e. The minimum atomic E-state index is 0. The van der Waals surface area contributed by atoms with Gasteiger partial charge in [-0.1, -0.05) is 144 Å². The molecule has 0 aliphatic heterocycles. The fraction of sp³-hybridized carbons (Fsp3) is 0. The smallest absolute Gasteiger partial charge is 1.00 e. The average molecular weight is 734 g/mol. The van der Waals surface area contributed by atoms with Gasteiger partial charge in [0.2, 0.25) is 0 Å². The van der Waals surface area contributed by atoms with Gasteiger partial charge in [0.25, 0.3) is 0 Å². The summed E-state index contributed by atoms with van der Waals surface area (Å²) < 4.78 is 11.1. The van der Waals surface area contributed by atoms with E-state index < -0.39 is 0 Å². The third kappa shape index (κ3) is 6.72. The Kier molecular flexibility index (Phi) is 10.8. The molecule has 0 amide bonds. The Bertz CT molecular complexity index is 2480. The van der Waals surface area contributed by atoms with Gasteiger partial charge in [-0.25, -0.2) is 0 Å². The van der Waals surface area contributed by atoms with Crippen molar-refractivity contribution in [3.05, 3.63) is 182 Å². The molecule has 2 nitrogen and oxygen atoms in total. The van der Waals surface area contributed by atoms with Crippen LogP contribution in [0.25, 0.3) is 88.0 Å². The van der Waals surface area contributed by atoms with Crippen molar-refractivity contribution in [3.8, 4) is 44.9 Å². The molecule has 0 aliphatic carbocycles. The molecule has 51 heavy (non-hydrogen) atoms. The molecule has 10 aromatic rings. The van der Waals surface area contributed by atoms with Crippen molar-refractivity contribution in [1.82, 2.24) is 0 Å². The molecule has 2 aromatic heterocycles. The van der Waals surface area contributed by atoms with E-state index in [-0.39, 0.29) is 46.5 Å². The molecular formula is C46H30Cl2O2Ti. The molecule has 0 N–H and O–H groups in total. The first-order valence-electron chi connectivity index (χ1n) is 16.2. The monoisotopic (exact) mass is 732 g/mol. The van der Waals surface area contributed by atoms with Crippen molar-refractivity contribution in [2.45, 2.75) is 0 Å². The van der Waals surface area contributed by atoms with E-state index in [1.165, 1.54) is 65.3 Å². The first kappa shape index (κ1) is 35.7. The molecule has 5 heteroatoms. The van der Waals surface area contributed by atoms with Crippen LogP contribution in [0, 0.1) is 0 Å². The number of furan rings is 2. The van der Waals surface area contributed by atoms with Gasteiger partial charge in [0.15, 0.2) is 0 Å². The predicted molar refractivity (Wildman–Crippen MR) is 200 cm³/mol. The van der Waals surface area contributed by atoms with Gasteiger partial charge in [0, 0.05) is 0 Å². The van der Waals surface area contributed by atoms with Crippen molar-refractivity contribution in [2.24, 2.45) is 0 Å². The Morgan fingerprint density at radius 1 is 0.353 bits per heavy atom. The van der Waals surface area contributed by atoms with E-state index in [9.17, 15) is 0 Å². The van der Waals surface area contributed by atoms with E-state index in [1.807, 2.05) is 24.3 Å². The standard InChI is InChI=1S/2C23H15O.2ClH.Ti/c2*1-2-9-19-16(6-1)7-3-10-20(19)21-11-4-8-17-14-18(15-22(17)21)23-12-5-13-24-23;;;/h2*1-15H;2*1H;/q2*-1;;;+4/p-2. The average Bonchev–Trinajstić information content (AvgIpc) is 3.98. The molecule has 0 saturated heterocycles. The maximum atomic E-state index is 5.56. The molecule has 0 radical (unpaired) electrons. The molecular weight excluding hydrogens is 703 g/mol. The van der Waals surface area contributed by atoms with E-state index in [0.29, 0.717) is 0 Å². The summed E-state index contributed by atoms with van der Waals surface area (Å²) in [4.78, 5) is 0.